The standard InChI is InChI=1S/C15H21NO3/c17-13-9-7-11(8-10-13)14(15(18)19)16-12-5-3-1-2-4-6-12/h7-10,12,14,16-17H,1-6H2,(H,18,19). The molecular weight excluding hydrogens is 242 g/mol. The number of aliphatic carboxylic acids is 1. The minimum Gasteiger partial charge on any atom is -0.508 e. The minimum atomic E-state index is -0.866. The molecule has 0 aliphatic heterocycles. The molecule has 1 fully saturated rings. The Hall–Kier alpha value is -1.55. The molecule has 0 aromatic heterocycles. The highest BCUT2D eigenvalue weighted by Gasteiger charge is 2.23. The fraction of sp³-hybridized carbons (Fsp3) is 0.533. The Balaban J connectivity index is 2.07. The Bertz CT molecular complexity index is 408. The molecule has 0 radical (unpaired) electrons. The van der Waals surface area contributed by atoms with Crippen molar-refractivity contribution >= 4 is 5.97 Å². The molecule has 1 atom stereocenters. The fourth-order valence-corrected chi connectivity index (χ4v) is 2.66. The third-order valence-corrected chi connectivity index (χ3v) is 3.73. The molecule has 1 aromatic rings. The van der Waals surface area contributed by atoms with Crippen LogP contribution in [0, 0.1) is 0 Å². The lowest BCUT2D eigenvalue weighted by molar-refractivity contribution is -0.140. The van der Waals surface area contributed by atoms with Crippen molar-refractivity contribution in [3.63, 3.8) is 0 Å². The van der Waals surface area contributed by atoms with Gasteiger partial charge in [0, 0.05) is 6.04 Å². The van der Waals surface area contributed by atoms with Gasteiger partial charge in [-0.25, -0.2) is 0 Å². The van der Waals surface area contributed by atoms with Gasteiger partial charge in [-0.05, 0) is 30.5 Å². The summed E-state index contributed by atoms with van der Waals surface area (Å²) >= 11 is 0. The summed E-state index contributed by atoms with van der Waals surface area (Å²) in [6.07, 6.45) is 6.91. The van der Waals surface area contributed by atoms with E-state index >= 15 is 0 Å². The Labute approximate surface area is 113 Å². The van der Waals surface area contributed by atoms with Crippen molar-refractivity contribution in [3.8, 4) is 5.75 Å². The summed E-state index contributed by atoms with van der Waals surface area (Å²) < 4.78 is 0. The summed E-state index contributed by atoms with van der Waals surface area (Å²) in [4.78, 5) is 11.4. The average molecular weight is 263 g/mol. The number of aromatic hydroxyl groups is 1. The van der Waals surface area contributed by atoms with E-state index in [2.05, 4.69) is 5.32 Å². The molecule has 0 amide bonds. The largest absolute Gasteiger partial charge is 0.508 e. The number of phenolic OH excluding ortho intramolecular Hbond substituents is 1. The zero-order valence-corrected chi connectivity index (χ0v) is 11.0. The van der Waals surface area contributed by atoms with E-state index in [1.54, 1.807) is 12.1 Å². The Morgan fingerprint density at radius 1 is 1.11 bits per heavy atom. The van der Waals surface area contributed by atoms with Crippen molar-refractivity contribution in [2.24, 2.45) is 0 Å². The summed E-state index contributed by atoms with van der Waals surface area (Å²) in [5.41, 5.74) is 0.689. The van der Waals surface area contributed by atoms with Crippen LogP contribution in [-0.2, 0) is 4.79 Å². The van der Waals surface area contributed by atoms with Crippen LogP contribution in [0.25, 0.3) is 0 Å². The second-order valence-corrected chi connectivity index (χ2v) is 5.22. The fourth-order valence-electron chi connectivity index (χ4n) is 2.66. The number of hydrogen-bond acceptors (Lipinski definition) is 3. The van der Waals surface area contributed by atoms with Gasteiger partial charge in [0.2, 0.25) is 0 Å². The van der Waals surface area contributed by atoms with E-state index in [1.165, 1.54) is 37.8 Å². The molecule has 104 valence electrons. The number of nitrogens with one attached hydrogen (secondary N) is 1. The average Bonchev–Trinajstić information content (AvgIpc) is 2.65. The van der Waals surface area contributed by atoms with E-state index in [4.69, 9.17) is 0 Å². The van der Waals surface area contributed by atoms with Gasteiger partial charge < -0.3 is 10.2 Å². The normalized spacial score (nSPS) is 18.7. The maximum Gasteiger partial charge on any atom is 0.325 e. The topological polar surface area (TPSA) is 69.6 Å². The third-order valence-electron chi connectivity index (χ3n) is 3.73. The summed E-state index contributed by atoms with van der Waals surface area (Å²) in [7, 11) is 0. The molecule has 1 aliphatic rings. The van der Waals surface area contributed by atoms with Gasteiger partial charge in [0.15, 0.2) is 0 Å². The zero-order valence-electron chi connectivity index (χ0n) is 11.0. The van der Waals surface area contributed by atoms with Crippen LogP contribution < -0.4 is 5.32 Å². The molecule has 19 heavy (non-hydrogen) atoms. The monoisotopic (exact) mass is 263 g/mol. The number of phenols is 1. The lowest BCUT2D eigenvalue weighted by Gasteiger charge is -2.22. The Kier molecular flexibility index (Phi) is 4.80. The van der Waals surface area contributed by atoms with Crippen LogP contribution in [0.3, 0.4) is 0 Å². The molecule has 1 unspecified atom stereocenters. The first kappa shape index (κ1) is 13.9. The maximum atomic E-state index is 11.4. The van der Waals surface area contributed by atoms with E-state index in [9.17, 15) is 15.0 Å². The van der Waals surface area contributed by atoms with Crippen LogP contribution in [0.5, 0.6) is 5.75 Å². The van der Waals surface area contributed by atoms with Gasteiger partial charge in [-0.1, -0.05) is 37.8 Å². The highest BCUT2D eigenvalue weighted by atomic mass is 16.4. The van der Waals surface area contributed by atoms with E-state index in [1.807, 2.05) is 0 Å². The highest BCUT2D eigenvalue weighted by Crippen LogP contribution is 2.22. The Morgan fingerprint density at radius 3 is 2.21 bits per heavy atom. The van der Waals surface area contributed by atoms with E-state index in [0.717, 1.165) is 12.8 Å². The summed E-state index contributed by atoms with van der Waals surface area (Å²) in [5, 5.41) is 21.9. The number of carbonyl (C=O) groups is 1. The second kappa shape index (κ2) is 6.57. The van der Waals surface area contributed by atoms with Crippen molar-refractivity contribution in [1.29, 1.82) is 0 Å². The van der Waals surface area contributed by atoms with Crippen molar-refractivity contribution in [1.82, 2.24) is 5.32 Å². The molecule has 2 rings (SSSR count). The van der Waals surface area contributed by atoms with Gasteiger partial charge in [0.25, 0.3) is 0 Å². The molecule has 1 saturated carbocycles. The second-order valence-electron chi connectivity index (χ2n) is 5.22. The first-order valence-electron chi connectivity index (χ1n) is 6.94. The third kappa shape index (κ3) is 3.96. The van der Waals surface area contributed by atoms with Gasteiger partial charge in [-0.3, -0.25) is 10.1 Å². The van der Waals surface area contributed by atoms with Crippen molar-refractivity contribution in [2.45, 2.75) is 50.6 Å². The first-order valence-corrected chi connectivity index (χ1v) is 6.94. The maximum absolute atomic E-state index is 11.4. The first-order chi connectivity index (χ1) is 9.16. The molecule has 0 bridgehead atoms. The highest BCUT2D eigenvalue weighted by molar-refractivity contribution is 5.75. The van der Waals surface area contributed by atoms with Crippen LogP contribution in [-0.4, -0.2) is 22.2 Å². The predicted octanol–water partition coefficient (Wildman–Crippen LogP) is 2.83. The SMILES string of the molecule is O=C(O)C(NC1CCCCCC1)c1ccc(O)cc1. The van der Waals surface area contributed by atoms with Crippen molar-refractivity contribution in [2.75, 3.05) is 0 Å². The molecule has 4 heteroatoms. The molecule has 4 nitrogen and oxygen atoms in total. The number of benzene rings is 1. The van der Waals surface area contributed by atoms with Crippen LogP contribution in [0.1, 0.15) is 50.1 Å². The van der Waals surface area contributed by atoms with Crippen LogP contribution in [0.15, 0.2) is 24.3 Å². The number of carboxylic acids is 1. The van der Waals surface area contributed by atoms with Crippen LogP contribution >= 0.6 is 0 Å². The Morgan fingerprint density at radius 2 is 1.68 bits per heavy atom. The molecule has 1 aliphatic carbocycles. The van der Waals surface area contributed by atoms with E-state index in [0.29, 0.717) is 5.56 Å². The van der Waals surface area contributed by atoms with Crippen molar-refractivity contribution < 1.29 is 15.0 Å². The number of carboxylic acid groups (broad SMARTS) is 1. The van der Waals surface area contributed by atoms with Crippen LogP contribution in [0.4, 0.5) is 0 Å². The number of rotatable bonds is 4. The van der Waals surface area contributed by atoms with Gasteiger partial charge >= 0.3 is 5.97 Å². The van der Waals surface area contributed by atoms with Crippen molar-refractivity contribution in [3.05, 3.63) is 29.8 Å². The zero-order chi connectivity index (χ0) is 13.7. The lowest BCUT2D eigenvalue weighted by atomic mass is 10.0. The van der Waals surface area contributed by atoms with Gasteiger partial charge in [-0.15, -0.1) is 0 Å². The molecule has 3 N–H and O–H groups in total. The summed E-state index contributed by atoms with van der Waals surface area (Å²) in [5.74, 6) is -0.711. The molecule has 1 aromatic carbocycles. The van der Waals surface area contributed by atoms with E-state index in [-0.39, 0.29) is 11.8 Å². The molecule has 0 spiro atoms. The smallest absolute Gasteiger partial charge is 0.325 e. The van der Waals surface area contributed by atoms with Gasteiger partial charge in [-0.2, -0.15) is 0 Å². The minimum absolute atomic E-state index is 0.155. The van der Waals surface area contributed by atoms with Gasteiger partial charge in [0.1, 0.15) is 11.8 Å². The number of hydrogen-bond donors (Lipinski definition) is 3. The molecule has 0 saturated heterocycles. The molecule has 0 heterocycles. The quantitative estimate of drug-likeness (QED) is 0.731. The summed E-state index contributed by atoms with van der Waals surface area (Å²) in [6, 6.07) is 5.97. The predicted molar refractivity (Wildman–Crippen MR) is 73.1 cm³/mol. The van der Waals surface area contributed by atoms with Crippen LogP contribution in [0.2, 0.25) is 0 Å². The molecular formula is C15H21NO3. The van der Waals surface area contributed by atoms with E-state index < -0.39 is 12.0 Å². The summed E-state index contributed by atoms with van der Waals surface area (Å²) in [6.45, 7) is 0. The van der Waals surface area contributed by atoms with Gasteiger partial charge in [0.05, 0.1) is 0 Å². The lowest BCUT2D eigenvalue weighted by Crippen LogP contribution is -2.36.